The number of aliphatic hydroxyl groups is 8. The van der Waals surface area contributed by atoms with E-state index in [0.717, 1.165) is 52.8 Å². The van der Waals surface area contributed by atoms with Crippen LogP contribution < -0.4 is 60.5 Å². The number of amides is 8. The Morgan fingerprint density at radius 1 is 0.586 bits per heavy atom. The first kappa shape index (κ1) is 100. The summed E-state index contributed by atoms with van der Waals surface area (Å²) in [5.41, 5.74) is 5.32. The van der Waals surface area contributed by atoms with Crippen LogP contribution >= 0.6 is 0 Å². The predicted octanol–water partition coefficient (Wildman–Crippen LogP) is 0.870. The van der Waals surface area contributed by atoms with E-state index in [2.05, 4.69) is 21.3 Å². The number of ether oxygens (including phenoxy) is 14. The second-order valence-electron chi connectivity index (χ2n) is 33.0. The number of nitro groups is 1. The highest BCUT2D eigenvalue weighted by Crippen LogP contribution is 2.57. The highest BCUT2D eigenvalue weighted by molar-refractivity contribution is 6.08. The van der Waals surface area contributed by atoms with Gasteiger partial charge in [-0.2, -0.15) is 0 Å². The van der Waals surface area contributed by atoms with Crippen molar-refractivity contribution in [1.29, 1.82) is 0 Å². The summed E-state index contributed by atoms with van der Waals surface area (Å²) >= 11 is 0. The molecule has 0 bridgehead atoms. The highest BCUT2D eigenvalue weighted by Gasteiger charge is 2.59. The fourth-order valence-electron chi connectivity index (χ4n) is 16.2. The number of carbonyl (C=O) groups is 10. The average Bonchev–Trinajstić information content (AvgIpc) is 1.56. The number of nitro benzene ring substituents is 1. The number of carboxylic acids is 2. The molecule has 3 saturated heterocycles. The molecule has 1 spiro atoms. The number of benzene rings is 5. The lowest BCUT2D eigenvalue weighted by molar-refractivity contribution is -0.387. The van der Waals surface area contributed by atoms with Crippen LogP contribution in [0.3, 0.4) is 0 Å². The van der Waals surface area contributed by atoms with Crippen molar-refractivity contribution in [3.05, 3.63) is 128 Å². The molecule has 1 aliphatic carbocycles. The number of carbonyl (C=O) groups excluding carboxylic acids is 8. The van der Waals surface area contributed by atoms with Gasteiger partial charge in [-0.05, 0) is 103 Å². The second kappa shape index (κ2) is 45.3. The maximum atomic E-state index is 15.2. The summed E-state index contributed by atoms with van der Waals surface area (Å²) in [4.78, 5) is 154. The van der Waals surface area contributed by atoms with Crippen LogP contribution in [-0.4, -0.2) is 323 Å². The Labute approximate surface area is 760 Å². The van der Waals surface area contributed by atoms with E-state index in [9.17, 15) is 104 Å². The lowest BCUT2D eigenvalue weighted by Gasteiger charge is -2.39. The first-order chi connectivity index (χ1) is 63.6. The summed E-state index contributed by atoms with van der Waals surface area (Å²) in [5, 5.41) is 130. The Kier molecular flexibility index (Phi) is 34.1. The molecule has 5 aromatic rings. The van der Waals surface area contributed by atoms with Crippen molar-refractivity contribution in [2.75, 3.05) is 120 Å². The summed E-state index contributed by atoms with van der Waals surface area (Å²) < 4.78 is 79.6. The number of anilines is 4. The quantitative estimate of drug-likeness (QED) is 0.0146. The maximum absolute atomic E-state index is 15.2. The lowest BCUT2D eigenvalue weighted by atomic mass is 9.93. The number of nitrogens with zero attached hydrogens (tertiary/aromatic N) is 5. The number of nitrogens with one attached hydrogen (secondary N) is 4. The topological polar surface area (TPSA) is 632 Å². The molecule has 6 aliphatic heterocycles. The Bertz CT molecular complexity index is 5030. The van der Waals surface area contributed by atoms with E-state index in [0.29, 0.717) is 52.0 Å². The van der Waals surface area contributed by atoms with Crippen LogP contribution in [-0.2, 0) is 97.6 Å². The zero-order valence-corrected chi connectivity index (χ0v) is 73.3. The standard InChI is InChI=1S/C87H110N10O36/c1-44(2)66(89-45(3)98)76(107)92-54(42-128-83-71(104)67(100)69(102)73(132-83)81(112)113)75(106)90-50-15-14-49(53(33-50)91-65(99)17-23-122-25-27-124-29-30-125-28-26-123-24-20-88)41-130-86(117)96-56-37-64(62(121-5)35-52(56)78(109)94-43-87(18-19-87)38-59(94)80(96)111)127-22-10-6-9-21-126-63-36-55-51(34-61(63)120-4)77(108)93-39-48-12-8-7-11-47(48)32-58(93)79(110)95(55)85(116)129-40-46-13-16-60(57(31-46)97(118)119)131-84-72(105)68(101)70(103)74(133-84)82(114)115/h7-8,11-16,31,33-37,44,54,58-59,66-74,79-80,83-84,100-105,110-111H,6,9-10,17-30,32,38-43,88H2,1-5H3,(H,89,98)(H,90,106)(H,91,99)(H,92,107)(H,112,113)(H,114,115)/t54-,58-,59-,66-,67-,68-,69-,70-,71+,72+,73-,74-,79-,80-,83+,84+/m0/s1. The zero-order valence-electron chi connectivity index (χ0n) is 73.3. The summed E-state index contributed by atoms with van der Waals surface area (Å²) in [7, 11) is 2.67. The monoisotopic (exact) mass is 1870 g/mol. The summed E-state index contributed by atoms with van der Waals surface area (Å²) in [6, 6.07) is 14.8. The van der Waals surface area contributed by atoms with Crippen LogP contribution in [0, 0.1) is 21.4 Å². The number of aliphatic hydroxyl groups excluding tert-OH is 8. The number of fused-ring (bicyclic) bond motifs is 5. The summed E-state index contributed by atoms with van der Waals surface area (Å²) in [6.45, 7) is 4.40. The molecule has 0 radical (unpaired) electrons. The van der Waals surface area contributed by atoms with Crippen LogP contribution in [0.1, 0.15) is 109 Å². The molecule has 1 saturated carbocycles. The van der Waals surface area contributed by atoms with Gasteiger partial charge in [0.25, 0.3) is 11.8 Å². The molecule has 133 heavy (non-hydrogen) atoms. The molecular formula is C87H110N10O36. The van der Waals surface area contributed by atoms with Gasteiger partial charge in [-0.3, -0.25) is 38.9 Å². The fourth-order valence-corrected chi connectivity index (χ4v) is 16.2. The van der Waals surface area contributed by atoms with Crippen molar-refractivity contribution in [3.63, 3.8) is 0 Å². The van der Waals surface area contributed by atoms with Crippen molar-refractivity contribution >= 4 is 88.0 Å². The smallest absolute Gasteiger partial charge is 0.416 e. The van der Waals surface area contributed by atoms with Crippen LogP contribution in [0.15, 0.2) is 84.9 Å². The van der Waals surface area contributed by atoms with Gasteiger partial charge in [0.05, 0.1) is 133 Å². The van der Waals surface area contributed by atoms with E-state index < -0.39 is 200 Å². The van der Waals surface area contributed by atoms with Crippen LogP contribution in [0.2, 0.25) is 0 Å². The van der Waals surface area contributed by atoms with Crippen molar-refractivity contribution < 1.29 is 170 Å². The second-order valence-corrected chi connectivity index (χ2v) is 33.0. The molecule has 724 valence electrons. The molecule has 16 N–H and O–H groups in total. The largest absolute Gasteiger partial charge is 0.493 e. The molecule has 46 nitrogen and oxygen atoms in total. The Morgan fingerprint density at radius 2 is 1.14 bits per heavy atom. The van der Waals surface area contributed by atoms with Crippen molar-refractivity contribution in [2.45, 2.75) is 190 Å². The molecule has 5 aromatic carbocycles. The van der Waals surface area contributed by atoms with Gasteiger partial charge in [0.2, 0.25) is 29.9 Å². The average molecular weight is 1870 g/mol. The van der Waals surface area contributed by atoms with Crippen molar-refractivity contribution in [3.8, 4) is 28.7 Å². The molecular weight excluding hydrogens is 1760 g/mol. The Hall–Kier alpha value is -11.8. The van der Waals surface area contributed by atoms with Gasteiger partial charge in [0.1, 0.15) is 61.9 Å². The number of carboxylic acid groups (broad SMARTS) is 2. The van der Waals surface area contributed by atoms with Crippen LogP contribution in [0.4, 0.5) is 38.0 Å². The number of methoxy groups -OCH3 is 2. The van der Waals surface area contributed by atoms with Gasteiger partial charge >= 0.3 is 29.8 Å². The zero-order chi connectivity index (χ0) is 95.8. The molecule has 46 heteroatoms. The third-order valence-electron chi connectivity index (χ3n) is 23.4. The molecule has 4 fully saturated rings. The van der Waals surface area contributed by atoms with Crippen LogP contribution in [0.5, 0.6) is 28.7 Å². The Morgan fingerprint density at radius 3 is 1.69 bits per heavy atom. The summed E-state index contributed by atoms with van der Waals surface area (Å²) in [6.07, 6.45) is -24.0. The maximum Gasteiger partial charge on any atom is 0.416 e. The number of aliphatic carboxylic acids is 2. The third kappa shape index (κ3) is 24.0. The normalized spacial score (nSPS) is 23.7. The number of unbranched alkanes of at least 4 members (excludes halogenated alkanes) is 2. The first-order valence-electron chi connectivity index (χ1n) is 43.0. The number of hydrogen-bond acceptors (Lipinski definition) is 35. The molecule has 0 aromatic heterocycles. The van der Waals surface area contributed by atoms with Gasteiger partial charge in [-0.25, -0.2) is 29.0 Å². The predicted molar refractivity (Wildman–Crippen MR) is 456 cm³/mol. The van der Waals surface area contributed by atoms with E-state index >= 15 is 4.79 Å². The minimum absolute atomic E-state index is 0.0149. The van der Waals surface area contributed by atoms with Gasteiger partial charge in [-0.15, -0.1) is 0 Å². The SMILES string of the molecule is COc1cc2c(cc1OCCCCCOc1cc3c(cc1OC)C(=O)N1CC4(CC4)C[C@H]1[C@H](O)N3C(=O)OCc1ccc(NC(=O)[C@H](CO[C@@H]3O[C@H](C(=O)O)[C@@H](O)[C@H](O)[C@H]3O)NC(=O)[C@@H](NC(C)=O)C(C)C)cc1NC(=O)CCOCCOCCOCCOCCN)N(C(=O)OCc1ccc(O[C@@H]3O[C@H](C(=O)O)[C@@H](O)[C@H](O)[C@H]3O)c([N+](=O)[O-])c1)[C@@H](O)[C@@H]1Cc3ccccc3CN1C2=O. The molecule has 6 heterocycles. The van der Waals surface area contributed by atoms with E-state index in [1.807, 2.05) is 12.1 Å². The minimum atomic E-state index is -2.11. The van der Waals surface area contributed by atoms with E-state index in [-0.39, 0.29) is 146 Å². The van der Waals surface area contributed by atoms with E-state index in [1.54, 1.807) is 26.0 Å². The van der Waals surface area contributed by atoms with Gasteiger partial charge in [-0.1, -0.05) is 50.2 Å². The fraction of sp³-hybridized carbons (Fsp3) is 0.540. The summed E-state index contributed by atoms with van der Waals surface area (Å²) in [5.74, 6) is -8.79. The number of hydrogen-bond donors (Lipinski definition) is 15. The van der Waals surface area contributed by atoms with E-state index in [1.165, 1.54) is 72.6 Å². The molecule has 7 aliphatic rings. The van der Waals surface area contributed by atoms with Crippen molar-refractivity contribution in [1.82, 2.24) is 20.4 Å². The third-order valence-corrected chi connectivity index (χ3v) is 23.4. The van der Waals surface area contributed by atoms with Gasteiger partial charge in [0, 0.05) is 61.7 Å². The number of nitrogens with two attached hydrogens (primary N) is 1. The van der Waals surface area contributed by atoms with Gasteiger partial charge in [0.15, 0.2) is 59.7 Å². The lowest BCUT2D eigenvalue weighted by Crippen LogP contribution is -2.61. The van der Waals surface area contributed by atoms with E-state index in [4.69, 9.17) is 72.0 Å². The first-order valence-corrected chi connectivity index (χ1v) is 43.0. The molecule has 8 amide bonds. The minimum Gasteiger partial charge on any atom is -0.493 e. The van der Waals surface area contributed by atoms with Gasteiger partial charge < -0.3 is 154 Å². The van der Waals surface area contributed by atoms with Crippen molar-refractivity contribution in [2.24, 2.45) is 17.1 Å². The molecule has 16 atom stereocenters. The number of rotatable bonds is 43. The highest BCUT2D eigenvalue weighted by atomic mass is 16.7. The van der Waals surface area contributed by atoms with Crippen LogP contribution in [0.25, 0.3) is 0 Å². The Balaban J connectivity index is 0.744. The molecule has 12 rings (SSSR count). The molecule has 0 unspecified atom stereocenters.